The van der Waals surface area contributed by atoms with E-state index < -0.39 is 0 Å². The first-order valence-electron chi connectivity index (χ1n) is 10.5. The van der Waals surface area contributed by atoms with Gasteiger partial charge in [0.25, 0.3) is 0 Å². The van der Waals surface area contributed by atoms with Gasteiger partial charge in [0.05, 0.1) is 18.3 Å². The minimum atomic E-state index is -0.322. The molecule has 0 saturated heterocycles. The van der Waals surface area contributed by atoms with Crippen LogP contribution in [0.5, 0.6) is 0 Å². The minimum Gasteiger partial charge on any atom is -0.462 e. The Morgan fingerprint density at radius 1 is 1.32 bits per heavy atom. The first-order valence-corrected chi connectivity index (χ1v) is 11.3. The summed E-state index contributed by atoms with van der Waals surface area (Å²) in [5.41, 5.74) is 1.54. The minimum absolute atomic E-state index is 0.0925. The lowest BCUT2D eigenvalue weighted by atomic mass is 10.3. The molecule has 1 atom stereocenters. The summed E-state index contributed by atoms with van der Waals surface area (Å²) >= 11 is 1.35. The summed E-state index contributed by atoms with van der Waals surface area (Å²) in [5.74, 6) is 1.33. The lowest BCUT2D eigenvalue weighted by molar-refractivity contribution is 0.0531. The van der Waals surface area contributed by atoms with Crippen LogP contribution in [0.1, 0.15) is 59.4 Å². The summed E-state index contributed by atoms with van der Waals surface area (Å²) in [7, 11) is 0. The number of thiazole rings is 1. The molecule has 0 aliphatic carbocycles. The second-order valence-electron chi connectivity index (χ2n) is 6.96. The molecule has 0 fully saturated rings. The predicted octanol–water partition coefficient (Wildman–Crippen LogP) is 2.92. The molecule has 0 saturated carbocycles. The van der Waals surface area contributed by atoms with E-state index in [1.165, 1.54) is 11.3 Å². The molecule has 2 N–H and O–H groups in total. The van der Waals surface area contributed by atoms with Crippen LogP contribution < -0.4 is 10.6 Å². The van der Waals surface area contributed by atoms with Gasteiger partial charge in [-0.05, 0) is 46.2 Å². The molecule has 0 radical (unpaired) electrons. The lowest BCUT2D eigenvalue weighted by Gasteiger charge is -2.16. The fraction of sp³-hybridized carbons (Fsp3) is 0.476. The zero-order valence-electron chi connectivity index (χ0n) is 18.4. The lowest BCUT2D eigenvalue weighted by Crippen LogP contribution is -2.38. The number of aliphatic imine (C=N–C) groups is 1. The molecule has 0 aromatic carbocycles. The van der Waals surface area contributed by atoms with E-state index in [1.807, 2.05) is 49.6 Å². The number of aryl methyl sites for hydroxylation is 2. The fourth-order valence-electron chi connectivity index (χ4n) is 3.06. The van der Waals surface area contributed by atoms with E-state index in [2.05, 4.69) is 30.8 Å². The van der Waals surface area contributed by atoms with Gasteiger partial charge in [0, 0.05) is 25.7 Å². The van der Waals surface area contributed by atoms with Crippen molar-refractivity contribution in [1.29, 1.82) is 0 Å². The van der Waals surface area contributed by atoms with Crippen molar-refractivity contribution in [3.63, 3.8) is 0 Å². The Morgan fingerprint density at radius 2 is 2.16 bits per heavy atom. The van der Waals surface area contributed by atoms with E-state index in [9.17, 15) is 4.79 Å². The first kappa shape index (κ1) is 22.7. The van der Waals surface area contributed by atoms with Gasteiger partial charge in [0.1, 0.15) is 15.7 Å². The SMILES string of the molecule is CCNC(=NCCCc1nnc2ccccn12)NC(C)c1nc(C)c(C(=O)OCC)s1. The number of esters is 1. The number of fused-ring (bicyclic) bond motifs is 1. The Kier molecular flexibility index (Phi) is 7.94. The van der Waals surface area contributed by atoms with E-state index in [0.717, 1.165) is 35.9 Å². The van der Waals surface area contributed by atoms with Crippen molar-refractivity contribution >= 4 is 28.9 Å². The molecule has 0 aliphatic heterocycles. The molecule has 3 aromatic rings. The Morgan fingerprint density at radius 3 is 2.94 bits per heavy atom. The highest BCUT2D eigenvalue weighted by Gasteiger charge is 2.20. The van der Waals surface area contributed by atoms with Gasteiger partial charge in [-0.25, -0.2) is 9.78 Å². The molecule has 0 bridgehead atoms. The third-order valence-corrected chi connectivity index (χ3v) is 5.87. The van der Waals surface area contributed by atoms with Crippen LogP contribution in [0, 0.1) is 6.92 Å². The number of aromatic nitrogens is 4. The van der Waals surface area contributed by atoms with Crippen molar-refractivity contribution in [1.82, 2.24) is 30.2 Å². The van der Waals surface area contributed by atoms with Crippen LogP contribution >= 0.6 is 11.3 Å². The Balaban J connectivity index is 1.59. The van der Waals surface area contributed by atoms with Gasteiger partial charge >= 0.3 is 5.97 Å². The standard InChI is InChI=1S/C21H29N7O2S/c1-5-22-21(23-12-9-11-17-27-26-16-10-7-8-13-28(16)17)25-15(4)19-24-14(3)18(31-19)20(29)30-6-2/h7-8,10,13,15H,5-6,9,11-12H2,1-4H3,(H2,22,23,25). The molecule has 3 heterocycles. The van der Waals surface area contributed by atoms with Gasteiger partial charge in [-0.3, -0.25) is 9.39 Å². The van der Waals surface area contributed by atoms with Crippen LogP contribution in [-0.4, -0.2) is 51.2 Å². The Bertz CT molecular complexity index is 1040. The first-order chi connectivity index (χ1) is 15.0. The molecule has 0 amide bonds. The van der Waals surface area contributed by atoms with Gasteiger partial charge < -0.3 is 15.4 Å². The van der Waals surface area contributed by atoms with E-state index in [4.69, 9.17) is 4.74 Å². The summed E-state index contributed by atoms with van der Waals surface area (Å²) in [6.45, 7) is 9.39. The third kappa shape index (κ3) is 5.78. The fourth-order valence-corrected chi connectivity index (χ4v) is 4.03. The van der Waals surface area contributed by atoms with Crippen molar-refractivity contribution in [2.24, 2.45) is 4.99 Å². The molecule has 10 heteroatoms. The van der Waals surface area contributed by atoms with Gasteiger partial charge in [-0.2, -0.15) is 0 Å². The number of nitrogens with one attached hydrogen (secondary N) is 2. The number of hydrogen-bond acceptors (Lipinski definition) is 7. The summed E-state index contributed by atoms with van der Waals surface area (Å²) < 4.78 is 7.11. The summed E-state index contributed by atoms with van der Waals surface area (Å²) in [5, 5.41) is 15.9. The predicted molar refractivity (Wildman–Crippen MR) is 122 cm³/mol. The summed E-state index contributed by atoms with van der Waals surface area (Å²) in [6, 6.07) is 5.77. The number of ether oxygens (including phenoxy) is 1. The molecular formula is C21H29N7O2S. The number of rotatable bonds is 9. The molecular weight excluding hydrogens is 414 g/mol. The highest BCUT2D eigenvalue weighted by Crippen LogP contribution is 2.24. The second kappa shape index (κ2) is 10.9. The smallest absolute Gasteiger partial charge is 0.350 e. The molecule has 0 spiro atoms. The van der Waals surface area contributed by atoms with Gasteiger partial charge in [0.2, 0.25) is 0 Å². The monoisotopic (exact) mass is 443 g/mol. The molecule has 3 rings (SSSR count). The highest BCUT2D eigenvalue weighted by molar-refractivity contribution is 7.13. The van der Waals surface area contributed by atoms with Crippen molar-refractivity contribution in [3.8, 4) is 0 Å². The number of carbonyl (C=O) groups excluding carboxylic acids is 1. The van der Waals surface area contributed by atoms with E-state index in [0.29, 0.717) is 29.7 Å². The van der Waals surface area contributed by atoms with Crippen LogP contribution in [0.15, 0.2) is 29.4 Å². The van der Waals surface area contributed by atoms with Crippen molar-refractivity contribution in [2.45, 2.75) is 46.6 Å². The van der Waals surface area contributed by atoms with Gasteiger partial charge in [0.15, 0.2) is 11.6 Å². The zero-order valence-corrected chi connectivity index (χ0v) is 19.2. The maximum absolute atomic E-state index is 12.1. The molecule has 31 heavy (non-hydrogen) atoms. The number of hydrogen-bond donors (Lipinski definition) is 2. The number of nitrogens with zero attached hydrogens (tertiary/aromatic N) is 5. The molecule has 1 unspecified atom stereocenters. The van der Waals surface area contributed by atoms with E-state index in [1.54, 1.807) is 6.92 Å². The Hall–Kier alpha value is -3.01. The third-order valence-electron chi connectivity index (χ3n) is 4.55. The molecule has 9 nitrogen and oxygen atoms in total. The average molecular weight is 444 g/mol. The van der Waals surface area contributed by atoms with E-state index >= 15 is 0 Å². The molecule has 3 aromatic heterocycles. The second-order valence-corrected chi connectivity index (χ2v) is 7.99. The van der Waals surface area contributed by atoms with Crippen LogP contribution in [0.3, 0.4) is 0 Å². The summed E-state index contributed by atoms with van der Waals surface area (Å²) in [6.07, 6.45) is 3.62. The maximum atomic E-state index is 12.1. The molecule has 0 aliphatic rings. The Labute approximate surface area is 186 Å². The number of pyridine rings is 1. The van der Waals surface area contributed by atoms with Gasteiger partial charge in [-0.1, -0.05) is 6.07 Å². The van der Waals surface area contributed by atoms with Crippen LogP contribution in [-0.2, 0) is 11.2 Å². The average Bonchev–Trinajstić information content (AvgIpc) is 3.35. The van der Waals surface area contributed by atoms with Crippen molar-refractivity contribution in [2.75, 3.05) is 19.7 Å². The molecule has 166 valence electrons. The van der Waals surface area contributed by atoms with Gasteiger partial charge in [-0.15, -0.1) is 21.5 Å². The summed E-state index contributed by atoms with van der Waals surface area (Å²) in [4.78, 5) is 21.8. The normalized spacial score (nSPS) is 12.7. The number of carbonyl (C=O) groups is 1. The topological polar surface area (TPSA) is 106 Å². The van der Waals surface area contributed by atoms with E-state index in [-0.39, 0.29) is 12.0 Å². The van der Waals surface area contributed by atoms with Crippen molar-refractivity contribution < 1.29 is 9.53 Å². The number of guanidine groups is 1. The van der Waals surface area contributed by atoms with Crippen LogP contribution in [0.2, 0.25) is 0 Å². The quantitative estimate of drug-likeness (QED) is 0.227. The largest absolute Gasteiger partial charge is 0.462 e. The van der Waals surface area contributed by atoms with Crippen LogP contribution in [0.4, 0.5) is 0 Å². The highest BCUT2D eigenvalue weighted by atomic mass is 32.1. The zero-order chi connectivity index (χ0) is 22.2. The van der Waals surface area contributed by atoms with Crippen molar-refractivity contribution in [3.05, 3.63) is 45.8 Å². The van der Waals surface area contributed by atoms with Crippen LogP contribution in [0.25, 0.3) is 5.65 Å². The maximum Gasteiger partial charge on any atom is 0.350 e.